The average molecular weight is 245 g/mol. The second kappa shape index (κ2) is 4.93. The summed E-state index contributed by atoms with van der Waals surface area (Å²) in [6.45, 7) is 3.57. The third kappa shape index (κ3) is 2.39. The smallest absolute Gasteiger partial charge is 0.119 e. The molecule has 0 bridgehead atoms. The molecule has 18 heavy (non-hydrogen) atoms. The number of rotatable bonds is 4. The predicted molar refractivity (Wildman–Crippen MR) is 74.2 cm³/mol. The van der Waals surface area contributed by atoms with Crippen molar-refractivity contribution in [2.24, 2.45) is 5.92 Å². The highest BCUT2D eigenvalue weighted by Crippen LogP contribution is 2.35. The first-order chi connectivity index (χ1) is 8.78. The van der Waals surface area contributed by atoms with Crippen LogP contribution in [0.3, 0.4) is 0 Å². The van der Waals surface area contributed by atoms with Gasteiger partial charge in [-0.25, -0.2) is 0 Å². The van der Waals surface area contributed by atoms with E-state index >= 15 is 0 Å². The number of ether oxygens (including phenoxy) is 1. The Morgan fingerprint density at radius 3 is 2.83 bits per heavy atom. The van der Waals surface area contributed by atoms with Crippen LogP contribution in [-0.2, 0) is 6.42 Å². The third-order valence-electron chi connectivity index (χ3n) is 4.54. The van der Waals surface area contributed by atoms with Crippen molar-refractivity contribution in [3.8, 4) is 5.75 Å². The number of nitrogens with one attached hydrogen (secondary N) is 1. The number of aryl methyl sites for hydroxylation is 1. The van der Waals surface area contributed by atoms with Gasteiger partial charge in [-0.05, 0) is 67.3 Å². The normalized spacial score (nSPS) is 26.8. The van der Waals surface area contributed by atoms with E-state index in [0.29, 0.717) is 12.0 Å². The lowest BCUT2D eigenvalue weighted by Gasteiger charge is -2.32. The van der Waals surface area contributed by atoms with Gasteiger partial charge >= 0.3 is 0 Å². The number of methoxy groups -OCH3 is 1. The fourth-order valence-electron chi connectivity index (χ4n) is 3.05. The molecule has 1 aromatic rings. The van der Waals surface area contributed by atoms with Crippen LogP contribution in [0.25, 0.3) is 0 Å². The van der Waals surface area contributed by atoms with Crippen LogP contribution in [0, 0.1) is 5.92 Å². The van der Waals surface area contributed by atoms with E-state index in [1.165, 1.54) is 43.4 Å². The number of hydrogen-bond donors (Lipinski definition) is 1. The highest BCUT2D eigenvalue weighted by Gasteiger charge is 2.28. The van der Waals surface area contributed by atoms with Gasteiger partial charge in [0, 0.05) is 6.04 Å². The molecule has 0 amide bonds. The van der Waals surface area contributed by atoms with Crippen LogP contribution in [0.1, 0.15) is 43.2 Å². The molecule has 1 fully saturated rings. The third-order valence-corrected chi connectivity index (χ3v) is 4.54. The molecular formula is C16H23NO. The lowest BCUT2D eigenvalue weighted by molar-refractivity contribution is 0.389. The first-order valence-corrected chi connectivity index (χ1v) is 7.18. The van der Waals surface area contributed by atoms with Gasteiger partial charge in [0.25, 0.3) is 0 Å². The molecular weight excluding hydrogens is 222 g/mol. The standard InChI is InChI=1S/C16H23NO/c1-11-15-9-14(18-2)7-5-13(15)6-8-16(11)17-10-12-3-4-12/h5,7,9,11-12,16-17H,3-4,6,8,10H2,1-2H3/t11-,16+/m1/s1. The summed E-state index contributed by atoms with van der Waals surface area (Å²) in [5, 5.41) is 3.77. The van der Waals surface area contributed by atoms with E-state index in [1.54, 1.807) is 7.11 Å². The Morgan fingerprint density at radius 1 is 1.28 bits per heavy atom. The first kappa shape index (κ1) is 12.0. The van der Waals surface area contributed by atoms with Crippen molar-refractivity contribution in [2.75, 3.05) is 13.7 Å². The highest BCUT2D eigenvalue weighted by molar-refractivity contribution is 5.40. The largest absolute Gasteiger partial charge is 0.497 e. The van der Waals surface area contributed by atoms with Crippen molar-refractivity contribution >= 4 is 0 Å². The van der Waals surface area contributed by atoms with Crippen LogP contribution in [0.4, 0.5) is 0 Å². The molecule has 2 heteroatoms. The molecule has 2 aliphatic carbocycles. The monoisotopic (exact) mass is 245 g/mol. The van der Waals surface area contributed by atoms with Crippen molar-refractivity contribution < 1.29 is 4.74 Å². The molecule has 2 nitrogen and oxygen atoms in total. The Kier molecular flexibility index (Phi) is 3.29. The van der Waals surface area contributed by atoms with E-state index in [-0.39, 0.29) is 0 Å². The van der Waals surface area contributed by atoms with Crippen LogP contribution >= 0.6 is 0 Å². The SMILES string of the molecule is COc1ccc2c(c1)[C@@H](C)[C@@H](NCC1CC1)CC2. The zero-order chi connectivity index (χ0) is 12.5. The summed E-state index contributed by atoms with van der Waals surface area (Å²) in [7, 11) is 1.75. The average Bonchev–Trinajstić information content (AvgIpc) is 3.22. The van der Waals surface area contributed by atoms with Crippen LogP contribution < -0.4 is 10.1 Å². The predicted octanol–water partition coefficient (Wildman–Crippen LogP) is 3.11. The van der Waals surface area contributed by atoms with Crippen molar-refractivity contribution in [1.82, 2.24) is 5.32 Å². The zero-order valence-corrected chi connectivity index (χ0v) is 11.4. The maximum absolute atomic E-state index is 5.35. The fourth-order valence-corrected chi connectivity index (χ4v) is 3.05. The van der Waals surface area contributed by atoms with Gasteiger partial charge in [0.1, 0.15) is 5.75 Å². The van der Waals surface area contributed by atoms with E-state index in [1.807, 2.05) is 0 Å². The Balaban J connectivity index is 1.74. The summed E-state index contributed by atoms with van der Waals surface area (Å²) in [5.74, 6) is 2.55. The van der Waals surface area contributed by atoms with Gasteiger partial charge in [-0.1, -0.05) is 13.0 Å². The van der Waals surface area contributed by atoms with E-state index < -0.39 is 0 Å². The summed E-state index contributed by atoms with van der Waals surface area (Å²) in [4.78, 5) is 0. The Labute approximate surface area is 110 Å². The van der Waals surface area contributed by atoms with Crippen LogP contribution in [0.5, 0.6) is 5.75 Å². The summed E-state index contributed by atoms with van der Waals surface area (Å²) in [6, 6.07) is 7.20. The molecule has 1 saturated carbocycles. The molecule has 0 spiro atoms. The van der Waals surface area contributed by atoms with Crippen molar-refractivity contribution in [3.05, 3.63) is 29.3 Å². The summed E-state index contributed by atoms with van der Waals surface area (Å²) in [5.41, 5.74) is 2.99. The van der Waals surface area contributed by atoms with E-state index in [9.17, 15) is 0 Å². The van der Waals surface area contributed by atoms with Gasteiger partial charge in [0.05, 0.1) is 7.11 Å². The van der Waals surface area contributed by atoms with Crippen LogP contribution in [0.15, 0.2) is 18.2 Å². The fraction of sp³-hybridized carbons (Fsp3) is 0.625. The number of hydrogen-bond acceptors (Lipinski definition) is 2. The van der Waals surface area contributed by atoms with E-state index in [4.69, 9.17) is 4.74 Å². The molecule has 0 radical (unpaired) electrons. The Hall–Kier alpha value is -1.02. The van der Waals surface area contributed by atoms with Crippen molar-refractivity contribution in [1.29, 1.82) is 0 Å². The molecule has 0 aromatic heterocycles. The van der Waals surface area contributed by atoms with Gasteiger partial charge in [0.2, 0.25) is 0 Å². The minimum absolute atomic E-state index is 0.600. The molecule has 0 aliphatic heterocycles. The topological polar surface area (TPSA) is 21.3 Å². The Bertz CT molecular complexity index is 425. The molecule has 2 aliphatic rings. The molecule has 0 saturated heterocycles. The molecule has 98 valence electrons. The molecule has 0 unspecified atom stereocenters. The second-order valence-corrected chi connectivity index (χ2v) is 5.85. The molecule has 0 heterocycles. The second-order valence-electron chi connectivity index (χ2n) is 5.85. The summed E-state index contributed by atoms with van der Waals surface area (Å²) in [6.07, 6.45) is 5.33. The lowest BCUT2D eigenvalue weighted by Crippen LogP contribution is -2.38. The van der Waals surface area contributed by atoms with Crippen molar-refractivity contribution in [3.63, 3.8) is 0 Å². The summed E-state index contributed by atoms with van der Waals surface area (Å²) < 4.78 is 5.35. The minimum Gasteiger partial charge on any atom is -0.497 e. The number of benzene rings is 1. The number of fused-ring (bicyclic) bond motifs is 1. The molecule has 3 rings (SSSR count). The summed E-state index contributed by atoms with van der Waals surface area (Å²) >= 11 is 0. The van der Waals surface area contributed by atoms with Gasteiger partial charge in [-0.2, -0.15) is 0 Å². The highest BCUT2D eigenvalue weighted by atomic mass is 16.5. The Morgan fingerprint density at radius 2 is 2.11 bits per heavy atom. The van der Waals surface area contributed by atoms with Gasteiger partial charge in [0.15, 0.2) is 0 Å². The quantitative estimate of drug-likeness (QED) is 0.880. The van der Waals surface area contributed by atoms with E-state index in [0.717, 1.165) is 11.7 Å². The molecule has 2 atom stereocenters. The first-order valence-electron chi connectivity index (χ1n) is 7.18. The van der Waals surface area contributed by atoms with Crippen molar-refractivity contribution in [2.45, 2.75) is 44.6 Å². The van der Waals surface area contributed by atoms with Crippen LogP contribution in [-0.4, -0.2) is 19.7 Å². The van der Waals surface area contributed by atoms with Gasteiger partial charge < -0.3 is 10.1 Å². The zero-order valence-electron chi connectivity index (χ0n) is 11.4. The van der Waals surface area contributed by atoms with Crippen LogP contribution in [0.2, 0.25) is 0 Å². The van der Waals surface area contributed by atoms with Gasteiger partial charge in [-0.15, -0.1) is 0 Å². The minimum atomic E-state index is 0.600. The lowest BCUT2D eigenvalue weighted by atomic mass is 9.80. The van der Waals surface area contributed by atoms with Gasteiger partial charge in [-0.3, -0.25) is 0 Å². The maximum atomic E-state index is 5.35. The molecule has 1 aromatic carbocycles. The molecule has 1 N–H and O–H groups in total. The maximum Gasteiger partial charge on any atom is 0.119 e. The van der Waals surface area contributed by atoms with E-state index in [2.05, 4.69) is 30.4 Å².